The largest absolute Gasteiger partial charge is 0.356 e. The zero-order valence-electron chi connectivity index (χ0n) is 21.8. The summed E-state index contributed by atoms with van der Waals surface area (Å²) in [4.78, 5) is 24.0. The molecule has 1 amide bonds. The summed E-state index contributed by atoms with van der Waals surface area (Å²) in [6, 6.07) is -0.337. The van der Waals surface area contributed by atoms with E-state index in [1.807, 2.05) is 0 Å². The summed E-state index contributed by atoms with van der Waals surface area (Å²) in [5, 5.41) is 6.41. The maximum atomic E-state index is 12.2. The third-order valence-corrected chi connectivity index (χ3v) is 6.27. The molecule has 0 bridgehead atoms. The van der Waals surface area contributed by atoms with Crippen molar-refractivity contribution >= 4 is 11.7 Å². The van der Waals surface area contributed by atoms with E-state index in [0.29, 0.717) is 19.4 Å². The van der Waals surface area contributed by atoms with Crippen LogP contribution in [0, 0.1) is 0 Å². The third kappa shape index (κ3) is 24.0. The monoisotopic (exact) mass is 468 g/mol. The van der Waals surface area contributed by atoms with E-state index in [0.717, 1.165) is 71.0 Å². The molecule has 0 heterocycles. The highest BCUT2D eigenvalue weighted by Gasteiger charge is 2.12. The molecule has 0 saturated heterocycles. The molecule has 6 N–H and O–H groups in total. The lowest BCUT2D eigenvalue weighted by atomic mass is 10.0. The second kappa shape index (κ2) is 25.6. The Morgan fingerprint density at radius 2 is 1.21 bits per heavy atom. The predicted molar refractivity (Wildman–Crippen MR) is 141 cm³/mol. The van der Waals surface area contributed by atoms with Crippen LogP contribution in [0.2, 0.25) is 0 Å². The minimum absolute atomic E-state index is 0.157. The van der Waals surface area contributed by atoms with Gasteiger partial charge in [0.25, 0.3) is 0 Å². The number of carbonyl (C=O) groups is 2. The molecule has 33 heavy (non-hydrogen) atoms. The molecule has 0 aromatic rings. The van der Waals surface area contributed by atoms with Crippen molar-refractivity contribution < 1.29 is 9.59 Å². The Hall–Kier alpha value is -0.980. The van der Waals surface area contributed by atoms with Crippen LogP contribution in [0.1, 0.15) is 129 Å². The van der Waals surface area contributed by atoms with Gasteiger partial charge in [0.15, 0.2) is 0 Å². The molecule has 0 spiro atoms. The number of unbranched alkanes of at least 4 members (excludes halogenated alkanes) is 12. The Morgan fingerprint density at radius 1 is 0.667 bits per heavy atom. The van der Waals surface area contributed by atoms with Crippen molar-refractivity contribution in [1.82, 2.24) is 10.6 Å². The summed E-state index contributed by atoms with van der Waals surface area (Å²) in [5.74, 6) is 0.357. The van der Waals surface area contributed by atoms with Crippen molar-refractivity contribution in [1.29, 1.82) is 0 Å². The molecule has 196 valence electrons. The van der Waals surface area contributed by atoms with Gasteiger partial charge < -0.3 is 22.1 Å². The lowest BCUT2D eigenvalue weighted by molar-refractivity contribution is -0.122. The van der Waals surface area contributed by atoms with Crippen molar-refractivity contribution in [3.05, 3.63) is 0 Å². The lowest BCUT2D eigenvalue weighted by Crippen LogP contribution is -2.30. The highest BCUT2D eigenvalue weighted by atomic mass is 16.1. The smallest absolute Gasteiger partial charge is 0.219 e. The van der Waals surface area contributed by atoms with Crippen molar-refractivity contribution in [2.45, 2.75) is 135 Å². The van der Waals surface area contributed by atoms with Crippen LogP contribution in [-0.4, -0.2) is 43.9 Å². The number of ketones is 1. The number of amides is 1. The van der Waals surface area contributed by atoms with Crippen LogP contribution >= 0.6 is 0 Å². The molecule has 0 radical (unpaired) electrons. The van der Waals surface area contributed by atoms with Crippen LogP contribution in [-0.2, 0) is 9.59 Å². The van der Waals surface area contributed by atoms with Gasteiger partial charge in [-0.3, -0.25) is 9.59 Å². The second-order valence-corrected chi connectivity index (χ2v) is 9.55. The minimum atomic E-state index is -0.337. The van der Waals surface area contributed by atoms with E-state index in [-0.39, 0.29) is 17.7 Å². The van der Waals surface area contributed by atoms with Crippen LogP contribution in [0.5, 0.6) is 0 Å². The van der Waals surface area contributed by atoms with Gasteiger partial charge >= 0.3 is 0 Å². The normalized spacial score (nSPS) is 12.1. The Bertz CT molecular complexity index is 446. The standard InChI is InChI=1S/C27H56N4O2/c1-2-3-4-5-10-13-20-27(33)31-24-16-14-18-25(29)26(32)19-12-9-7-6-8-11-15-22-30-23-17-21-28/h25,30H,2-24,28-29H2,1H3,(H,31,33)/t25-/m0/s1. The maximum Gasteiger partial charge on any atom is 0.219 e. The molecule has 0 aromatic carbocycles. The van der Waals surface area contributed by atoms with E-state index in [2.05, 4.69) is 17.6 Å². The molecule has 0 saturated carbocycles. The van der Waals surface area contributed by atoms with E-state index >= 15 is 0 Å². The van der Waals surface area contributed by atoms with E-state index in [9.17, 15) is 9.59 Å². The third-order valence-electron chi connectivity index (χ3n) is 6.27. The molecule has 0 aliphatic rings. The summed E-state index contributed by atoms with van der Waals surface area (Å²) in [5.41, 5.74) is 11.5. The Balaban J connectivity index is 3.42. The first-order chi connectivity index (χ1) is 16.1. The SMILES string of the molecule is CCCCCCCCC(=O)NCCCC[C@H](N)C(=O)CCCCCCCCCNCCCN. The first-order valence-corrected chi connectivity index (χ1v) is 14.1. The van der Waals surface area contributed by atoms with Crippen LogP contribution in [0.15, 0.2) is 0 Å². The Kier molecular flexibility index (Phi) is 24.9. The van der Waals surface area contributed by atoms with E-state index in [4.69, 9.17) is 11.5 Å². The first-order valence-electron chi connectivity index (χ1n) is 14.1. The molecule has 0 aromatic heterocycles. The van der Waals surface area contributed by atoms with Gasteiger partial charge in [0.2, 0.25) is 5.91 Å². The van der Waals surface area contributed by atoms with Crippen molar-refractivity contribution in [2.75, 3.05) is 26.2 Å². The Labute approximate surface area is 204 Å². The molecule has 0 aliphatic heterocycles. The fourth-order valence-corrected chi connectivity index (χ4v) is 4.00. The Morgan fingerprint density at radius 3 is 1.88 bits per heavy atom. The predicted octanol–water partition coefficient (Wildman–Crippen LogP) is 4.98. The molecule has 1 atom stereocenters. The number of nitrogens with one attached hydrogen (secondary N) is 2. The summed E-state index contributed by atoms with van der Waals surface area (Å²) in [6.07, 6.45) is 20.4. The van der Waals surface area contributed by atoms with Crippen molar-refractivity contribution in [3.63, 3.8) is 0 Å². The zero-order valence-corrected chi connectivity index (χ0v) is 21.8. The summed E-state index contributed by atoms with van der Waals surface area (Å²) >= 11 is 0. The molecule has 0 aliphatic carbocycles. The number of rotatable bonds is 26. The van der Waals surface area contributed by atoms with Gasteiger partial charge in [0.1, 0.15) is 5.78 Å². The topological polar surface area (TPSA) is 110 Å². The van der Waals surface area contributed by atoms with Crippen LogP contribution in [0.3, 0.4) is 0 Å². The van der Waals surface area contributed by atoms with Gasteiger partial charge in [-0.25, -0.2) is 0 Å². The fourth-order valence-electron chi connectivity index (χ4n) is 4.00. The average molecular weight is 469 g/mol. The molecule has 6 heteroatoms. The molecular weight excluding hydrogens is 412 g/mol. The number of hydrogen-bond donors (Lipinski definition) is 4. The molecule has 0 unspecified atom stereocenters. The molecule has 6 nitrogen and oxygen atoms in total. The van der Waals surface area contributed by atoms with Crippen molar-refractivity contribution in [2.24, 2.45) is 11.5 Å². The van der Waals surface area contributed by atoms with Gasteiger partial charge in [-0.05, 0) is 64.6 Å². The number of carbonyl (C=O) groups excluding carboxylic acids is 2. The fraction of sp³-hybridized carbons (Fsp3) is 0.926. The van der Waals surface area contributed by atoms with E-state index < -0.39 is 0 Å². The first kappa shape index (κ1) is 32.0. The maximum absolute atomic E-state index is 12.2. The van der Waals surface area contributed by atoms with E-state index in [1.54, 1.807) is 0 Å². The van der Waals surface area contributed by atoms with Gasteiger partial charge in [-0.15, -0.1) is 0 Å². The highest BCUT2D eigenvalue weighted by Crippen LogP contribution is 2.11. The van der Waals surface area contributed by atoms with E-state index in [1.165, 1.54) is 57.8 Å². The van der Waals surface area contributed by atoms with Gasteiger partial charge in [-0.2, -0.15) is 0 Å². The highest BCUT2D eigenvalue weighted by molar-refractivity contribution is 5.83. The summed E-state index contributed by atoms with van der Waals surface area (Å²) in [7, 11) is 0. The van der Waals surface area contributed by atoms with Crippen LogP contribution in [0.4, 0.5) is 0 Å². The van der Waals surface area contributed by atoms with Gasteiger partial charge in [-0.1, -0.05) is 71.1 Å². The van der Waals surface area contributed by atoms with Crippen LogP contribution < -0.4 is 22.1 Å². The minimum Gasteiger partial charge on any atom is -0.356 e. The second-order valence-electron chi connectivity index (χ2n) is 9.55. The number of nitrogens with two attached hydrogens (primary N) is 2. The zero-order chi connectivity index (χ0) is 24.4. The van der Waals surface area contributed by atoms with Crippen LogP contribution in [0.25, 0.3) is 0 Å². The summed E-state index contributed by atoms with van der Waals surface area (Å²) in [6.45, 7) is 5.80. The van der Waals surface area contributed by atoms with Gasteiger partial charge in [0.05, 0.1) is 6.04 Å². The van der Waals surface area contributed by atoms with Gasteiger partial charge in [0, 0.05) is 19.4 Å². The quantitative estimate of drug-likeness (QED) is 0.134. The average Bonchev–Trinajstić information content (AvgIpc) is 2.81. The lowest BCUT2D eigenvalue weighted by Gasteiger charge is -2.11. The number of Topliss-reactive ketones (excluding diaryl/α,β-unsaturated/α-hetero) is 1. The molecule has 0 rings (SSSR count). The van der Waals surface area contributed by atoms with Crippen molar-refractivity contribution in [3.8, 4) is 0 Å². The summed E-state index contributed by atoms with van der Waals surface area (Å²) < 4.78 is 0. The number of hydrogen-bond acceptors (Lipinski definition) is 5. The molecule has 0 fully saturated rings. The molecular formula is C27H56N4O2.